The van der Waals surface area contributed by atoms with E-state index in [1.165, 1.54) is 12.1 Å². The average Bonchev–Trinajstić information content (AvgIpc) is 2.39. The van der Waals surface area contributed by atoms with Crippen molar-refractivity contribution in [3.8, 4) is 6.07 Å². The molecule has 2 heteroatoms. The van der Waals surface area contributed by atoms with Gasteiger partial charge < -0.3 is 0 Å². The van der Waals surface area contributed by atoms with Crippen LogP contribution in [-0.4, -0.2) is 0 Å². The summed E-state index contributed by atoms with van der Waals surface area (Å²) < 4.78 is 12.7. The first-order chi connectivity index (χ1) is 8.28. The van der Waals surface area contributed by atoms with Gasteiger partial charge in [0.25, 0.3) is 0 Å². The number of halogens is 1. The Morgan fingerprint density at radius 1 is 0.824 bits per heavy atom. The van der Waals surface area contributed by atoms with Crippen molar-refractivity contribution in [2.45, 2.75) is 0 Å². The summed E-state index contributed by atoms with van der Waals surface area (Å²) in [5.74, 6) is -0.236. The van der Waals surface area contributed by atoms with Crippen LogP contribution in [0.15, 0.2) is 48.5 Å². The van der Waals surface area contributed by atoms with Crippen LogP contribution in [0, 0.1) is 17.1 Å². The van der Waals surface area contributed by atoms with E-state index in [4.69, 9.17) is 5.26 Å². The fourth-order valence-corrected chi connectivity index (χ4v) is 1.44. The van der Waals surface area contributed by atoms with Crippen molar-refractivity contribution in [1.82, 2.24) is 0 Å². The van der Waals surface area contributed by atoms with Crippen LogP contribution in [0.25, 0.3) is 12.2 Å². The standard InChI is InChI=1S/C15H10FN/c16-15-9-7-13(8-10-15)2-1-12-3-5-14(11-17)6-4-12/h1-10H/b2-1+. The fourth-order valence-electron chi connectivity index (χ4n) is 1.44. The Kier molecular flexibility index (Phi) is 3.32. The number of nitrogens with zero attached hydrogens (tertiary/aromatic N) is 1. The Hall–Kier alpha value is -2.40. The molecule has 0 bridgehead atoms. The van der Waals surface area contributed by atoms with Gasteiger partial charge in [-0.3, -0.25) is 0 Å². The Morgan fingerprint density at radius 3 is 1.76 bits per heavy atom. The number of hydrogen-bond acceptors (Lipinski definition) is 1. The third kappa shape index (κ3) is 3.02. The van der Waals surface area contributed by atoms with Gasteiger partial charge in [-0.2, -0.15) is 5.26 Å². The summed E-state index contributed by atoms with van der Waals surface area (Å²) in [6, 6.07) is 15.6. The van der Waals surface area contributed by atoms with Crippen LogP contribution >= 0.6 is 0 Å². The number of hydrogen-bond donors (Lipinski definition) is 0. The van der Waals surface area contributed by atoms with Crippen LogP contribution in [0.4, 0.5) is 4.39 Å². The Morgan fingerprint density at radius 2 is 1.29 bits per heavy atom. The summed E-state index contributed by atoms with van der Waals surface area (Å²) in [6.45, 7) is 0. The zero-order valence-electron chi connectivity index (χ0n) is 9.10. The van der Waals surface area contributed by atoms with E-state index in [0.29, 0.717) is 5.56 Å². The molecule has 0 saturated heterocycles. The van der Waals surface area contributed by atoms with Crippen molar-refractivity contribution in [2.24, 2.45) is 0 Å². The molecule has 0 spiro atoms. The molecule has 0 heterocycles. The summed E-state index contributed by atoms with van der Waals surface area (Å²) in [6.07, 6.45) is 3.83. The predicted molar refractivity (Wildman–Crippen MR) is 66.5 cm³/mol. The smallest absolute Gasteiger partial charge is 0.123 e. The second kappa shape index (κ2) is 5.09. The molecule has 17 heavy (non-hydrogen) atoms. The fraction of sp³-hybridized carbons (Fsp3) is 0. The van der Waals surface area contributed by atoms with Crippen LogP contribution in [0.1, 0.15) is 16.7 Å². The molecule has 0 aliphatic heterocycles. The first kappa shape index (κ1) is 11.1. The molecule has 2 rings (SSSR count). The third-order valence-corrected chi connectivity index (χ3v) is 2.38. The third-order valence-electron chi connectivity index (χ3n) is 2.38. The van der Waals surface area contributed by atoms with Crippen LogP contribution in [-0.2, 0) is 0 Å². The minimum absolute atomic E-state index is 0.236. The molecule has 1 nitrogen and oxygen atoms in total. The maximum Gasteiger partial charge on any atom is 0.123 e. The summed E-state index contributed by atoms with van der Waals surface area (Å²) >= 11 is 0. The van der Waals surface area contributed by atoms with Crippen molar-refractivity contribution in [3.63, 3.8) is 0 Å². The molecule has 0 aromatic heterocycles. The van der Waals surface area contributed by atoms with Gasteiger partial charge in [-0.15, -0.1) is 0 Å². The first-order valence-electron chi connectivity index (χ1n) is 5.22. The SMILES string of the molecule is N#Cc1ccc(/C=C/c2ccc(F)cc2)cc1. The highest BCUT2D eigenvalue weighted by atomic mass is 19.1. The molecule has 0 unspecified atom stereocenters. The molecule has 0 N–H and O–H groups in total. The predicted octanol–water partition coefficient (Wildman–Crippen LogP) is 3.87. The summed E-state index contributed by atoms with van der Waals surface area (Å²) in [7, 11) is 0. The van der Waals surface area contributed by atoms with E-state index in [9.17, 15) is 4.39 Å². The van der Waals surface area contributed by atoms with Gasteiger partial charge in [0.05, 0.1) is 11.6 Å². The molecule has 2 aromatic rings. The molecule has 0 aliphatic carbocycles. The molecule has 82 valence electrons. The van der Waals surface area contributed by atoms with Crippen molar-refractivity contribution >= 4 is 12.2 Å². The van der Waals surface area contributed by atoms with Crippen LogP contribution in [0.5, 0.6) is 0 Å². The molecule has 0 atom stereocenters. The van der Waals surface area contributed by atoms with Gasteiger partial charge >= 0.3 is 0 Å². The highest BCUT2D eigenvalue weighted by Crippen LogP contribution is 2.10. The minimum atomic E-state index is -0.236. The molecule has 0 fully saturated rings. The quantitative estimate of drug-likeness (QED) is 0.709. The van der Waals surface area contributed by atoms with E-state index in [0.717, 1.165) is 11.1 Å². The Labute approximate surface area is 99.5 Å². The molecular formula is C15H10FN. The molecule has 2 aromatic carbocycles. The highest BCUT2D eigenvalue weighted by molar-refractivity contribution is 5.69. The minimum Gasteiger partial charge on any atom is -0.207 e. The number of benzene rings is 2. The van der Waals surface area contributed by atoms with Gasteiger partial charge in [-0.1, -0.05) is 36.4 Å². The largest absolute Gasteiger partial charge is 0.207 e. The summed E-state index contributed by atoms with van der Waals surface area (Å²) in [5.41, 5.74) is 2.59. The van der Waals surface area contributed by atoms with Crippen LogP contribution in [0.2, 0.25) is 0 Å². The molecule has 0 amide bonds. The second-order valence-electron chi connectivity index (χ2n) is 3.62. The van der Waals surface area contributed by atoms with Gasteiger partial charge in [0.2, 0.25) is 0 Å². The van der Waals surface area contributed by atoms with Gasteiger partial charge in [-0.25, -0.2) is 4.39 Å². The van der Waals surface area contributed by atoms with Crippen LogP contribution in [0.3, 0.4) is 0 Å². The average molecular weight is 223 g/mol. The van der Waals surface area contributed by atoms with Gasteiger partial charge in [0, 0.05) is 0 Å². The Bertz CT molecular complexity index is 559. The van der Waals surface area contributed by atoms with Gasteiger partial charge in [0.1, 0.15) is 5.82 Å². The number of nitriles is 1. The molecule has 0 aliphatic rings. The zero-order chi connectivity index (χ0) is 12.1. The maximum absolute atomic E-state index is 12.7. The lowest BCUT2D eigenvalue weighted by atomic mass is 10.1. The van der Waals surface area contributed by atoms with E-state index in [1.807, 2.05) is 24.3 Å². The molecular weight excluding hydrogens is 213 g/mol. The lowest BCUT2D eigenvalue weighted by Gasteiger charge is -1.95. The van der Waals surface area contributed by atoms with Gasteiger partial charge in [0.15, 0.2) is 0 Å². The van der Waals surface area contributed by atoms with Gasteiger partial charge in [-0.05, 0) is 35.4 Å². The van der Waals surface area contributed by atoms with E-state index in [1.54, 1.807) is 24.3 Å². The van der Waals surface area contributed by atoms with E-state index in [2.05, 4.69) is 6.07 Å². The maximum atomic E-state index is 12.7. The highest BCUT2D eigenvalue weighted by Gasteiger charge is 1.91. The van der Waals surface area contributed by atoms with Crippen molar-refractivity contribution in [1.29, 1.82) is 5.26 Å². The lowest BCUT2D eigenvalue weighted by Crippen LogP contribution is -1.76. The summed E-state index contributed by atoms with van der Waals surface area (Å²) in [4.78, 5) is 0. The van der Waals surface area contributed by atoms with E-state index < -0.39 is 0 Å². The molecule has 0 saturated carbocycles. The van der Waals surface area contributed by atoms with Crippen molar-refractivity contribution in [2.75, 3.05) is 0 Å². The Balaban J connectivity index is 2.14. The molecule has 0 radical (unpaired) electrons. The first-order valence-corrected chi connectivity index (χ1v) is 5.22. The van der Waals surface area contributed by atoms with Crippen molar-refractivity contribution in [3.05, 3.63) is 71.0 Å². The number of rotatable bonds is 2. The van der Waals surface area contributed by atoms with E-state index in [-0.39, 0.29) is 5.82 Å². The second-order valence-corrected chi connectivity index (χ2v) is 3.62. The zero-order valence-corrected chi connectivity index (χ0v) is 9.10. The summed E-state index contributed by atoms with van der Waals surface area (Å²) in [5, 5.41) is 8.66. The van der Waals surface area contributed by atoms with Crippen LogP contribution < -0.4 is 0 Å². The van der Waals surface area contributed by atoms with Crippen molar-refractivity contribution < 1.29 is 4.39 Å². The monoisotopic (exact) mass is 223 g/mol. The normalized spacial score (nSPS) is 10.4. The van der Waals surface area contributed by atoms with E-state index >= 15 is 0 Å². The topological polar surface area (TPSA) is 23.8 Å². The lowest BCUT2D eigenvalue weighted by molar-refractivity contribution is 0.628.